The third kappa shape index (κ3) is 3.12. The second-order valence-electron chi connectivity index (χ2n) is 5.98. The Hall–Kier alpha value is -1.54. The monoisotopic (exact) mass is 328 g/mol. The highest BCUT2D eigenvalue weighted by Crippen LogP contribution is 2.42. The molecule has 8 heteroatoms. The molecule has 1 aromatic rings. The summed E-state index contributed by atoms with van der Waals surface area (Å²) in [4.78, 5) is 12.2. The number of nitrogens with zero attached hydrogens (tertiary/aromatic N) is 1. The van der Waals surface area contributed by atoms with E-state index in [0.29, 0.717) is 19.0 Å². The molecule has 1 aliphatic heterocycles. The van der Waals surface area contributed by atoms with E-state index in [9.17, 15) is 13.2 Å². The standard InChI is InChI=1S/C14H20N2O5S/c1-20-13-6-5-12(21-13)14(17)15-11-8-16(22(2,18)19)7-10(11)9-3-4-9/h5-6,9-11H,3-4,7-8H2,1-2H3,(H,15,17). The smallest absolute Gasteiger partial charge is 0.287 e. The van der Waals surface area contributed by atoms with Gasteiger partial charge in [-0.3, -0.25) is 4.79 Å². The van der Waals surface area contributed by atoms with Crippen LogP contribution in [0.5, 0.6) is 5.95 Å². The van der Waals surface area contributed by atoms with Crippen molar-refractivity contribution >= 4 is 15.9 Å². The number of carbonyl (C=O) groups excluding carboxylic acids is 1. The van der Waals surface area contributed by atoms with Crippen LogP contribution in [-0.2, 0) is 10.0 Å². The Morgan fingerprint density at radius 2 is 2.09 bits per heavy atom. The first kappa shape index (κ1) is 15.4. The van der Waals surface area contributed by atoms with E-state index in [-0.39, 0.29) is 29.6 Å². The van der Waals surface area contributed by atoms with Crippen LogP contribution in [0.25, 0.3) is 0 Å². The number of methoxy groups -OCH3 is 1. The summed E-state index contributed by atoms with van der Waals surface area (Å²) in [5, 5.41) is 2.91. The molecule has 1 aliphatic carbocycles. The van der Waals surface area contributed by atoms with Crippen LogP contribution in [0.2, 0.25) is 0 Å². The summed E-state index contributed by atoms with van der Waals surface area (Å²) >= 11 is 0. The van der Waals surface area contributed by atoms with Gasteiger partial charge in [0.05, 0.1) is 13.4 Å². The zero-order chi connectivity index (χ0) is 15.9. The van der Waals surface area contributed by atoms with E-state index >= 15 is 0 Å². The highest BCUT2D eigenvalue weighted by atomic mass is 32.2. The number of nitrogens with one attached hydrogen (secondary N) is 1. The maximum atomic E-state index is 12.2. The number of amides is 1. The van der Waals surface area contributed by atoms with E-state index in [0.717, 1.165) is 12.8 Å². The van der Waals surface area contributed by atoms with Gasteiger partial charge in [0.1, 0.15) is 0 Å². The van der Waals surface area contributed by atoms with Crippen LogP contribution in [0.4, 0.5) is 0 Å². The number of rotatable bonds is 5. The Labute approximate surface area is 129 Å². The van der Waals surface area contributed by atoms with Crippen molar-refractivity contribution in [3.8, 4) is 5.95 Å². The normalized spacial score (nSPS) is 26.1. The number of carbonyl (C=O) groups is 1. The van der Waals surface area contributed by atoms with Crippen LogP contribution < -0.4 is 10.1 Å². The van der Waals surface area contributed by atoms with Crippen molar-refractivity contribution < 1.29 is 22.4 Å². The second kappa shape index (κ2) is 5.58. The number of ether oxygens (including phenoxy) is 1. The molecule has 2 heterocycles. The summed E-state index contributed by atoms with van der Waals surface area (Å²) in [7, 11) is -1.77. The molecule has 1 aromatic heterocycles. The molecule has 1 saturated carbocycles. The first-order valence-electron chi connectivity index (χ1n) is 7.28. The van der Waals surface area contributed by atoms with Crippen LogP contribution >= 0.6 is 0 Å². The summed E-state index contributed by atoms with van der Waals surface area (Å²) in [6, 6.07) is 2.94. The van der Waals surface area contributed by atoms with Crippen LogP contribution in [0.15, 0.2) is 16.5 Å². The highest BCUT2D eigenvalue weighted by molar-refractivity contribution is 7.88. The van der Waals surface area contributed by atoms with Gasteiger partial charge in [-0.1, -0.05) is 0 Å². The fourth-order valence-electron chi connectivity index (χ4n) is 3.01. The Morgan fingerprint density at radius 3 is 2.64 bits per heavy atom. The van der Waals surface area contributed by atoms with Gasteiger partial charge in [0.25, 0.3) is 11.9 Å². The van der Waals surface area contributed by atoms with E-state index in [4.69, 9.17) is 9.15 Å². The highest BCUT2D eigenvalue weighted by Gasteiger charge is 2.45. The summed E-state index contributed by atoms with van der Waals surface area (Å²) in [6.45, 7) is 0.805. The van der Waals surface area contributed by atoms with Gasteiger partial charge in [0, 0.05) is 25.2 Å². The largest absolute Gasteiger partial charge is 0.468 e. The van der Waals surface area contributed by atoms with Gasteiger partial charge >= 0.3 is 0 Å². The molecule has 0 radical (unpaired) electrons. The van der Waals surface area contributed by atoms with Gasteiger partial charge in [-0.25, -0.2) is 8.42 Å². The van der Waals surface area contributed by atoms with Gasteiger partial charge in [0.15, 0.2) is 5.76 Å². The summed E-state index contributed by atoms with van der Waals surface area (Å²) < 4.78 is 35.1. The number of sulfonamides is 1. The predicted octanol–water partition coefficient (Wildman–Crippen LogP) is 0.688. The molecule has 0 bridgehead atoms. The van der Waals surface area contributed by atoms with Gasteiger partial charge in [-0.2, -0.15) is 4.31 Å². The molecular weight excluding hydrogens is 308 g/mol. The molecule has 0 aromatic carbocycles. The summed E-state index contributed by atoms with van der Waals surface area (Å²) in [5.74, 6) is 0.783. The lowest BCUT2D eigenvalue weighted by Gasteiger charge is -2.18. The lowest BCUT2D eigenvalue weighted by atomic mass is 9.98. The Bertz CT molecular complexity index is 665. The molecule has 22 heavy (non-hydrogen) atoms. The van der Waals surface area contributed by atoms with E-state index in [1.807, 2.05) is 0 Å². The average Bonchev–Trinajstić information content (AvgIpc) is 3.02. The lowest BCUT2D eigenvalue weighted by molar-refractivity contribution is 0.0894. The maximum absolute atomic E-state index is 12.2. The van der Waals surface area contributed by atoms with E-state index in [1.54, 1.807) is 12.1 Å². The molecule has 1 N–H and O–H groups in total. The van der Waals surface area contributed by atoms with Gasteiger partial charge in [0.2, 0.25) is 10.0 Å². The number of furan rings is 1. The fraction of sp³-hybridized carbons (Fsp3) is 0.643. The van der Waals surface area contributed by atoms with E-state index in [2.05, 4.69) is 5.32 Å². The Balaban J connectivity index is 1.70. The molecule has 2 aliphatic rings. The van der Waals surface area contributed by atoms with E-state index < -0.39 is 10.0 Å². The van der Waals surface area contributed by atoms with Gasteiger partial charge < -0.3 is 14.5 Å². The minimum absolute atomic E-state index is 0.171. The number of hydrogen-bond acceptors (Lipinski definition) is 5. The number of hydrogen-bond donors (Lipinski definition) is 1. The Morgan fingerprint density at radius 1 is 1.36 bits per heavy atom. The molecule has 0 spiro atoms. The zero-order valence-corrected chi connectivity index (χ0v) is 13.4. The van der Waals surface area contributed by atoms with Crippen molar-refractivity contribution in [2.75, 3.05) is 26.5 Å². The molecule has 2 unspecified atom stereocenters. The second-order valence-corrected chi connectivity index (χ2v) is 7.97. The molecule has 2 fully saturated rings. The SMILES string of the molecule is COc1ccc(C(=O)NC2CN(S(C)(=O)=O)CC2C2CC2)o1. The first-order chi connectivity index (χ1) is 10.4. The molecule has 2 atom stereocenters. The first-order valence-corrected chi connectivity index (χ1v) is 9.13. The fourth-order valence-corrected chi connectivity index (χ4v) is 3.88. The lowest BCUT2D eigenvalue weighted by Crippen LogP contribution is -2.41. The van der Waals surface area contributed by atoms with Crippen LogP contribution in [0.3, 0.4) is 0 Å². The quantitative estimate of drug-likeness (QED) is 0.859. The van der Waals surface area contributed by atoms with Crippen molar-refractivity contribution in [1.82, 2.24) is 9.62 Å². The topological polar surface area (TPSA) is 88.9 Å². The zero-order valence-electron chi connectivity index (χ0n) is 12.6. The molecule has 7 nitrogen and oxygen atoms in total. The maximum Gasteiger partial charge on any atom is 0.287 e. The predicted molar refractivity (Wildman–Crippen MR) is 79.1 cm³/mol. The molecular formula is C14H20N2O5S. The molecule has 1 amide bonds. The van der Waals surface area contributed by atoms with Crippen molar-refractivity contribution in [2.45, 2.75) is 18.9 Å². The van der Waals surface area contributed by atoms with Gasteiger partial charge in [-0.15, -0.1) is 0 Å². The summed E-state index contributed by atoms with van der Waals surface area (Å²) in [6.07, 6.45) is 3.41. The van der Waals surface area contributed by atoms with Crippen molar-refractivity contribution in [1.29, 1.82) is 0 Å². The molecule has 3 rings (SSSR count). The van der Waals surface area contributed by atoms with Gasteiger partial charge in [-0.05, 0) is 30.7 Å². The van der Waals surface area contributed by atoms with Crippen molar-refractivity contribution in [2.24, 2.45) is 11.8 Å². The summed E-state index contributed by atoms with van der Waals surface area (Å²) in [5.41, 5.74) is 0. The Kier molecular flexibility index (Phi) is 3.90. The van der Waals surface area contributed by atoms with Crippen LogP contribution in [0, 0.1) is 11.8 Å². The van der Waals surface area contributed by atoms with Crippen molar-refractivity contribution in [3.05, 3.63) is 17.9 Å². The van der Waals surface area contributed by atoms with E-state index in [1.165, 1.54) is 17.7 Å². The third-order valence-corrected chi connectivity index (χ3v) is 5.59. The third-order valence-electron chi connectivity index (χ3n) is 4.35. The molecule has 122 valence electrons. The van der Waals surface area contributed by atoms with Crippen molar-refractivity contribution in [3.63, 3.8) is 0 Å². The molecule has 1 saturated heterocycles. The average molecular weight is 328 g/mol. The van der Waals surface area contributed by atoms with Crippen LogP contribution in [-0.4, -0.2) is 51.1 Å². The van der Waals surface area contributed by atoms with Crippen LogP contribution in [0.1, 0.15) is 23.4 Å². The minimum Gasteiger partial charge on any atom is -0.468 e. The minimum atomic E-state index is -3.24.